The second kappa shape index (κ2) is 8.65. The average Bonchev–Trinajstić information content (AvgIpc) is 1.95. The van der Waals surface area contributed by atoms with Gasteiger partial charge in [0.25, 0.3) is 0 Å². The Morgan fingerprint density at radius 2 is 1.44 bits per heavy atom. The molecule has 0 N–H and O–H groups in total. The maximum absolute atomic E-state index is 11.4. The van der Waals surface area contributed by atoms with Crippen LogP contribution in [-0.2, 0) is 23.8 Å². The number of Topliss-reactive ketones (excluding diaryl/α,β-unsaturated/α-hetero) is 1. The minimum Gasteiger partial charge on any atom is -0.408 e. The Labute approximate surface area is 119 Å². The van der Waals surface area contributed by atoms with E-state index in [9.17, 15) is 9.59 Å². The topological polar surface area (TPSA) is 61.8 Å². The van der Waals surface area contributed by atoms with Crippen molar-refractivity contribution in [1.82, 2.24) is 0 Å². The summed E-state index contributed by atoms with van der Waals surface area (Å²) in [5.41, 5.74) is 0. The molecule has 0 saturated heterocycles. The van der Waals surface area contributed by atoms with Gasteiger partial charge in [-0.3, -0.25) is 9.59 Å². The molecule has 0 unspecified atom stereocenters. The molecule has 0 aliphatic carbocycles. The Morgan fingerprint density at radius 1 is 1.06 bits per heavy atom. The van der Waals surface area contributed by atoms with Gasteiger partial charge in [-0.15, -0.1) is 0 Å². The van der Waals surface area contributed by atoms with Gasteiger partial charge in [-0.25, -0.2) is 0 Å². The molecule has 0 heterocycles. The van der Waals surface area contributed by atoms with Crippen LogP contribution in [0.1, 0.15) is 48.0 Å². The van der Waals surface area contributed by atoms with Crippen molar-refractivity contribution in [2.75, 3.05) is 0 Å². The zero-order valence-corrected chi connectivity index (χ0v) is 11.4. The van der Waals surface area contributed by atoms with E-state index in [-0.39, 0.29) is 41.8 Å². The van der Waals surface area contributed by atoms with Gasteiger partial charge in [0, 0.05) is 6.92 Å². The maximum atomic E-state index is 11.4. The van der Waals surface area contributed by atoms with Gasteiger partial charge in [0.05, 0.1) is 12.2 Å². The number of ether oxygens (including phenoxy) is 3. The predicted octanol–water partition coefficient (Wildman–Crippen LogP) is 0.848. The van der Waals surface area contributed by atoms with Gasteiger partial charge in [0.2, 0.25) is 0 Å². The summed E-state index contributed by atoms with van der Waals surface area (Å²) in [6.07, 6.45) is -0.605. The maximum Gasteiger partial charge on any atom is 0.326 e. The SMILES string of the molecule is CC(=O)CC(=O)OC(C)(OC(C)C)OC(C)C.[AlH3]. The standard InChI is InChI=1S/C12H22O5.Al.3H/c1-8(2)15-12(6,16-9(3)4)17-11(14)7-10(5)13;;;;/h8-9H,7H2,1-6H3;;;;. The van der Waals surface area contributed by atoms with E-state index in [2.05, 4.69) is 0 Å². The summed E-state index contributed by atoms with van der Waals surface area (Å²) in [7, 11) is 0. The molecule has 18 heavy (non-hydrogen) atoms. The first-order valence-electron chi connectivity index (χ1n) is 5.71. The van der Waals surface area contributed by atoms with Gasteiger partial charge in [-0.2, -0.15) is 0 Å². The molecule has 0 aliphatic rings. The summed E-state index contributed by atoms with van der Waals surface area (Å²) in [4.78, 5) is 22.2. The minimum absolute atomic E-state index is 0. The van der Waals surface area contributed by atoms with Crippen molar-refractivity contribution >= 4 is 29.1 Å². The van der Waals surface area contributed by atoms with Crippen molar-refractivity contribution < 1.29 is 23.8 Å². The number of ketones is 1. The molecular formula is C12H25AlO5. The smallest absolute Gasteiger partial charge is 0.326 e. The normalized spacial score (nSPS) is 11.3. The Kier molecular flexibility index (Phi) is 9.58. The first-order valence-corrected chi connectivity index (χ1v) is 5.71. The van der Waals surface area contributed by atoms with Crippen LogP contribution in [0.2, 0.25) is 0 Å². The second-order valence-corrected chi connectivity index (χ2v) is 4.55. The van der Waals surface area contributed by atoms with Crippen molar-refractivity contribution in [2.45, 2.75) is 66.1 Å². The summed E-state index contributed by atoms with van der Waals surface area (Å²) in [6.45, 7) is 10.1. The van der Waals surface area contributed by atoms with Gasteiger partial charge < -0.3 is 14.2 Å². The molecule has 6 heteroatoms. The Morgan fingerprint density at radius 3 is 1.72 bits per heavy atom. The van der Waals surface area contributed by atoms with Crippen molar-refractivity contribution in [1.29, 1.82) is 0 Å². The van der Waals surface area contributed by atoms with E-state index in [1.54, 1.807) is 27.7 Å². The van der Waals surface area contributed by atoms with Gasteiger partial charge in [-0.1, -0.05) is 0 Å². The lowest BCUT2D eigenvalue weighted by Gasteiger charge is -2.32. The third-order valence-electron chi connectivity index (χ3n) is 1.59. The van der Waals surface area contributed by atoms with Crippen molar-refractivity contribution in [3.63, 3.8) is 0 Å². The molecule has 0 bridgehead atoms. The fourth-order valence-electron chi connectivity index (χ4n) is 1.38. The summed E-state index contributed by atoms with van der Waals surface area (Å²) >= 11 is 0. The average molecular weight is 276 g/mol. The van der Waals surface area contributed by atoms with Crippen LogP contribution in [0.4, 0.5) is 0 Å². The van der Waals surface area contributed by atoms with Crippen molar-refractivity contribution in [3.05, 3.63) is 0 Å². The quantitative estimate of drug-likeness (QED) is 0.298. The van der Waals surface area contributed by atoms with Crippen LogP contribution in [0.3, 0.4) is 0 Å². The summed E-state index contributed by atoms with van der Waals surface area (Å²) in [6, 6.07) is 0. The first kappa shape index (κ1) is 19.9. The molecule has 0 fully saturated rings. The molecule has 0 radical (unpaired) electrons. The van der Waals surface area contributed by atoms with Crippen LogP contribution < -0.4 is 0 Å². The summed E-state index contributed by atoms with van der Waals surface area (Å²) in [5.74, 6) is -2.36. The predicted molar refractivity (Wildman–Crippen MR) is 72.2 cm³/mol. The number of carbonyl (C=O) groups excluding carboxylic acids is 2. The zero-order valence-electron chi connectivity index (χ0n) is 11.4. The monoisotopic (exact) mass is 276 g/mol. The number of esters is 1. The summed E-state index contributed by atoms with van der Waals surface area (Å²) < 4.78 is 15.9. The van der Waals surface area contributed by atoms with E-state index in [1.807, 2.05) is 0 Å². The second-order valence-electron chi connectivity index (χ2n) is 4.55. The molecule has 0 atom stereocenters. The zero-order chi connectivity index (χ0) is 13.6. The molecule has 0 amide bonds. The highest BCUT2D eigenvalue weighted by Crippen LogP contribution is 2.20. The van der Waals surface area contributed by atoms with E-state index in [0.717, 1.165) is 0 Å². The van der Waals surface area contributed by atoms with Gasteiger partial charge in [0.1, 0.15) is 12.2 Å². The van der Waals surface area contributed by atoms with E-state index in [0.29, 0.717) is 0 Å². The minimum atomic E-state index is -1.45. The third-order valence-corrected chi connectivity index (χ3v) is 1.59. The fraction of sp³-hybridized carbons (Fsp3) is 0.833. The highest BCUT2D eigenvalue weighted by atomic mass is 27.0. The molecular weight excluding hydrogens is 251 g/mol. The summed E-state index contributed by atoms with van der Waals surface area (Å²) in [5, 5.41) is 0. The van der Waals surface area contributed by atoms with Crippen LogP contribution >= 0.6 is 0 Å². The van der Waals surface area contributed by atoms with Crippen LogP contribution in [0.15, 0.2) is 0 Å². The number of rotatable bonds is 7. The van der Waals surface area contributed by atoms with Crippen LogP contribution in [0.25, 0.3) is 0 Å². The highest BCUT2D eigenvalue weighted by Gasteiger charge is 2.33. The van der Waals surface area contributed by atoms with Crippen molar-refractivity contribution in [3.8, 4) is 0 Å². The fourth-order valence-corrected chi connectivity index (χ4v) is 1.38. The van der Waals surface area contributed by atoms with Crippen LogP contribution in [0.5, 0.6) is 0 Å². The van der Waals surface area contributed by atoms with Gasteiger partial charge in [0.15, 0.2) is 17.4 Å². The molecule has 0 saturated carbocycles. The first-order chi connectivity index (χ1) is 7.64. The van der Waals surface area contributed by atoms with E-state index < -0.39 is 11.9 Å². The van der Waals surface area contributed by atoms with E-state index >= 15 is 0 Å². The molecule has 0 rings (SSSR count). The van der Waals surface area contributed by atoms with E-state index in [1.165, 1.54) is 13.8 Å². The van der Waals surface area contributed by atoms with Crippen LogP contribution in [-0.4, -0.2) is 47.3 Å². The third kappa shape index (κ3) is 9.61. The Bertz CT molecular complexity index is 266. The van der Waals surface area contributed by atoms with E-state index in [4.69, 9.17) is 14.2 Å². The van der Waals surface area contributed by atoms with Gasteiger partial charge >= 0.3 is 11.9 Å². The highest BCUT2D eigenvalue weighted by molar-refractivity contribution is 5.94. The lowest BCUT2D eigenvalue weighted by Crippen LogP contribution is -2.42. The van der Waals surface area contributed by atoms with Crippen LogP contribution in [0, 0.1) is 0 Å². The number of hydrogen-bond donors (Lipinski definition) is 0. The largest absolute Gasteiger partial charge is 0.408 e. The number of hydrogen-bond acceptors (Lipinski definition) is 5. The Balaban J connectivity index is 0. The molecule has 0 aromatic carbocycles. The molecule has 0 aliphatic heterocycles. The lowest BCUT2D eigenvalue weighted by atomic mass is 10.3. The molecule has 0 spiro atoms. The lowest BCUT2D eigenvalue weighted by molar-refractivity contribution is -0.372. The number of carbonyl (C=O) groups is 2. The molecule has 106 valence electrons. The van der Waals surface area contributed by atoms with Crippen molar-refractivity contribution in [2.24, 2.45) is 0 Å². The Hall–Kier alpha value is -0.408. The molecule has 0 aromatic rings. The molecule has 5 nitrogen and oxygen atoms in total. The molecule has 0 aromatic heterocycles. The van der Waals surface area contributed by atoms with Gasteiger partial charge in [-0.05, 0) is 34.6 Å².